The van der Waals surface area contributed by atoms with Gasteiger partial charge in [0.1, 0.15) is 0 Å². The summed E-state index contributed by atoms with van der Waals surface area (Å²) in [5, 5.41) is 2.95. The minimum atomic E-state index is -3.68. The highest BCUT2D eigenvalue weighted by Crippen LogP contribution is 2.21. The first-order valence-electron chi connectivity index (χ1n) is 11.7. The molecule has 1 fully saturated rings. The third kappa shape index (κ3) is 6.24. The molecular formula is C27H31N3O3S. The number of nitrogens with zero attached hydrogens (tertiary/aromatic N) is 1. The van der Waals surface area contributed by atoms with Gasteiger partial charge in [0, 0.05) is 18.7 Å². The minimum absolute atomic E-state index is 0.193. The number of aryl methyl sites for hydroxylation is 1. The number of benzene rings is 3. The van der Waals surface area contributed by atoms with E-state index in [1.165, 1.54) is 37.9 Å². The van der Waals surface area contributed by atoms with Gasteiger partial charge in [-0.05, 0) is 79.9 Å². The van der Waals surface area contributed by atoms with E-state index in [1.54, 1.807) is 55.5 Å². The fourth-order valence-corrected chi connectivity index (χ4v) is 5.30. The zero-order chi connectivity index (χ0) is 24.0. The maximum atomic E-state index is 12.7. The summed E-state index contributed by atoms with van der Waals surface area (Å²) in [4.78, 5) is 15.3. The van der Waals surface area contributed by atoms with Crippen molar-refractivity contribution in [2.45, 2.75) is 44.2 Å². The maximum absolute atomic E-state index is 12.7. The molecule has 34 heavy (non-hydrogen) atoms. The second-order valence-electron chi connectivity index (χ2n) is 8.78. The number of hydrogen-bond donors (Lipinski definition) is 2. The Labute approximate surface area is 202 Å². The Bertz CT molecular complexity index is 1220. The molecule has 4 rings (SSSR count). The summed E-state index contributed by atoms with van der Waals surface area (Å²) in [5.74, 6) is -0.196. The molecule has 0 aliphatic carbocycles. The zero-order valence-corrected chi connectivity index (χ0v) is 20.3. The van der Waals surface area contributed by atoms with E-state index in [-0.39, 0.29) is 10.8 Å². The van der Waals surface area contributed by atoms with E-state index in [4.69, 9.17) is 0 Å². The summed E-state index contributed by atoms with van der Waals surface area (Å²) in [5.41, 5.74) is 3.95. The zero-order valence-electron chi connectivity index (χ0n) is 19.5. The summed E-state index contributed by atoms with van der Waals surface area (Å²) in [6.07, 6.45) is 3.90. The molecule has 3 aromatic rings. The van der Waals surface area contributed by atoms with Gasteiger partial charge in [-0.3, -0.25) is 14.4 Å². The number of nitrogens with one attached hydrogen (secondary N) is 2. The summed E-state index contributed by atoms with van der Waals surface area (Å²) >= 11 is 0. The molecule has 0 bridgehead atoms. The van der Waals surface area contributed by atoms with Crippen LogP contribution in [0.4, 0.5) is 5.69 Å². The van der Waals surface area contributed by atoms with Crippen LogP contribution in [-0.2, 0) is 23.1 Å². The van der Waals surface area contributed by atoms with Gasteiger partial charge in [-0.2, -0.15) is 0 Å². The Kier molecular flexibility index (Phi) is 7.65. The number of carbonyl (C=O) groups excluding carboxylic acids is 1. The van der Waals surface area contributed by atoms with Crippen molar-refractivity contribution >= 4 is 21.6 Å². The van der Waals surface area contributed by atoms with Crippen molar-refractivity contribution in [3.63, 3.8) is 0 Å². The largest absolute Gasteiger partial charge is 0.348 e. The molecule has 0 saturated carbocycles. The molecule has 0 atom stereocenters. The Hall–Kier alpha value is -3.16. The molecule has 0 spiro atoms. The van der Waals surface area contributed by atoms with Crippen LogP contribution in [0, 0.1) is 6.92 Å². The lowest BCUT2D eigenvalue weighted by atomic mass is 10.1. The molecule has 1 amide bonds. The van der Waals surface area contributed by atoms with Crippen LogP contribution in [0.2, 0.25) is 0 Å². The molecule has 1 aliphatic rings. The van der Waals surface area contributed by atoms with Gasteiger partial charge in [0.2, 0.25) is 0 Å². The average molecular weight is 478 g/mol. The number of rotatable bonds is 8. The topological polar surface area (TPSA) is 78.5 Å². The third-order valence-electron chi connectivity index (χ3n) is 6.12. The predicted molar refractivity (Wildman–Crippen MR) is 135 cm³/mol. The van der Waals surface area contributed by atoms with Gasteiger partial charge in [0.05, 0.1) is 10.6 Å². The Balaban J connectivity index is 1.33. The van der Waals surface area contributed by atoms with Crippen molar-refractivity contribution in [1.29, 1.82) is 0 Å². The number of hydrogen-bond acceptors (Lipinski definition) is 4. The Morgan fingerprint density at radius 3 is 2.24 bits per heavy atom. The van der Waals surface area contributed by atoms with Crippen molar-refractivity contribution in [1.82, 2.24) is 10.2 Å². The van der Waals surface area contributed by atoms with Crippen molar-refractivity contribution in [2.75, 3.05) is 17.8 Å². The second-order valence-corrected chi connectivity index (χ2v) is 10.5. The smallest absolute Gasteiger partial charge is 0.261 e. The first kappa shape index (κ1) is 24.0. The highest BCUT2D eigenvalue weighted by atomic mass is 32.2. The third-order valence-corrected chi connectivity index (χ3v) is 7.50. The molecule has 1 aliphatic heterocycles. The van der Waals surface area contributed by atoms with E-state index in [0.29, 0.717) is 23.4 Å². The van der Waals surface area contributed by atoms with Crippen LogP contribution in [0.1, 0.15) is 46.3 Å². The van der Waals surface area contributed by atoms with Gasteiger partial charge in [-0.25, -0.2) is 8.42 Å². The molecule has 2 N–H and O–H groups in total. The van der Waals surface area contributed by atoms with E-state index in [1.807, 2.05) is 0 Å². The van der Waals surface area contributed by atoms with Crippen LogP contribution in [-0.4, -0.2) is 32.3 Å². The van der Waals surface area contributed by atoms with Gasteiger partial charge in [0.25, 0.3) is 15.9 Å². The van der Waals surface area contributed by atoms with E-state index in [2.05, 4.69) is 39.2 Å². The fraction of sp³-hybridized carbons (Fsp3) is 0.296. The molecule has 3 aromatic carbocycles. The first-order valence-corrected chi connectivity index (χ1v) is 13.2. The second kappa shape index (κ2) is 10.8. The highest BCUT2D eigenvalue weighted by Gasteiger charge is 2.16. The van der Waals surface area contributed by atoms with Crippen molar-refractivity contribution in [3.05, 3.63) is 95.1 Å². The van der Waals surface area contributed by atoms with Crippen molar-refractivity contribution in [3.8, 4) is 0 Å². The van der Waals surface area contributed by atoms with E-state index < -0.39 is 10.0 Å². The molecule has 1 heterocycles. The van der Waals surface area contributed by atoms with Crippen LogP contribution in [0.25, 0.3) is 0 Å². The van der Waals surface area contributed by atoms with Crippen LogP contribution in [0.5, 0.6) is 0 Å². The number of anilines is 1. The van der Waals surface area contributed by atoms with Crippen LogP contribution >= 0.6 is 0 Å². The predicted octanol–water partition coefficient (Wildman–Crippen LogP) is 4.71. The molecule has 0 radical (unpaired) electrons. The summed E-state index contributed by atoms with van der Waals surface area (Å²) in [6, 6.07) is 21.5. The normalized spacial score (nSPS) is 14.5. The lowest BCUT2D eigenvalue weighted by Gasteiger charge is -2.26. The number of carbonyl (C=O) groups is 1. The molecule has 1 saturated heterocycles. The van der Waals surface area contributed by atoms with E-state index in [9.17, 15) is 13.2 Å². The molecule has 178 valence electrons. The summed E-state index contributed by atoms with van der Waals surface area (Å²) in [6.45, 7) is 5.53. The van der Waals surface area contributed by atoms with Gasteiger partial charge in [-0.15, -0.1) is 0 Å². The van der Waals surface area contributed by atoms with Gasteiger partial charge in [0.15, 0.2) is 0 Å². The van der Waals surface area contributed by atoms with Crippen LogP contribution in [0.3, 0.4) is 0 Å². The summed E-state index contributed by atoms with van der Waals surface area (Å²) in [7, 11) is -3.68. The van der Waals surface area contributed by atoms with E-state index in [0.717, 1.165) is 12.1 Å². The number of amides is 1. The summed E-state index contributed by atoms with van der Waals surface area (Å²) < 4.78 is 27.7. The maximum Gasteiger partial charge on any atom is 0.261 e. The molecule has 0 aromatic heterocycles. The minimum Gasteiger partial charge on any atom is -0.348 e. The number of likely N-dealkylation sites (tertiary alicyclic amines) is 1. The van der Waals surface area contributed by atoms with Gasteiger partial charge in [-0.1, -0.05) is 48.9 Å². The van der Waals surface area contributed by atoms with E-state index >= 15 is 0 Å². The van der Waals surface area contributed by atoms with Crippen molar-refractivity contribution in [2.24, 2.45) is 0 Å². The Morgan fingerprint density at radius 2 is 1.56 bits per heavy atom. The van der Waals surface area contributed by atoms with Crippen molar-refractivity contribution < 1.29 is 13.2 Å². The lowest BCUT2D eigenvalue weighted by molar-refractivity contribution is 0.0951. The van der Waals surface area contributed by atoms with Gasteiger partial charge >= 0.3 is 0 Å². The SMILES string of the molecule is Cc1cc(C(=O)NCc2ccc(CN3CCCCC3)cc2)ccc1NS(=O)(=O)c1ccccc1. The first-order chi connectivity index (χ1) is 16.4. The quantitative estimate of drug-likeness (QED) is 0.492. The molecule has 6 nitrogen and oxygen atoms in total. The highest BCUT2D eigenvalue weighted by molar-refractivity contribution is 7.92. The molecule has 0 unspecified atom stereocenters. The lowest BCUT2D eigenvalue weighted by Crippen LogP contribution is -2.29. The fourth-order valence-electron chi connectivity index (χ4n) is 4.15. The Morgan fingerprint density at radius 1 is 0.882 bits per heavy atom. The molecular weight excluding hydrogens is 446 g/mol. The number of sulfonamides is 1. The van der Waals surface area contributed by atoms with Crippen LogP contribution in [0.15, 0.2) is 77.7 Å². The van der Waals surface area contributed by atoms with Gasteiger partial charge < -0.3 is 5.32 Å². The van der Waals surface area contributed by atoms with Crippen LogP contribution < -0.4 is 10.0 Å². The molecule has 7 heteroatoms. The number of piperidine rings is 1. The standard InChI is InChI=1S/C27H31N3O3S/c1-21-18-24(14-15-26(21)29-34(32,33)25-8-4-2-5-9-25)27(31)28-19-22-10-12-23(13-11-22)20-30-16-6-3-7-17-30/h2,4-5,8-15,18,29H,3,6-7,16-17,19-20H2,1H3,(H,28,31). The monoisotopic (exact) mass is 477 g/mol. The average Bonchev–Trinajstić information content (AvgIpc) is 2.86.